The lowest BCUT2D eigenvalue weighted by Crippen LogP contribution is -2.39. The Morgan fingerprint density at radius 2 is 1.70 bits per heavy atom. The highest BCUT2D eigenvalue weighted by molar-refractivity contribution is 6.34. The molecule has 6 nitrogen and oxygen atoms in total. The van der Waals surface area contributed by atoms with E-state index in [1.54, 1.807) is 0 Å². The molecule has 37 heavy (non-hydrogen) atoms. The average molecular weight is 545 g/mol. The summed E-state index contributed by atoms with van der Waals surface area (Å²) in [6.45, 7) is 0. The van der Waals surface area contributed by atoms with Gasteiger partial charge in [0.25, 0.3) is 11.8 Å². The zero-order chi connectivity index (χ0) is 26.7. The monoisotopic (exact) mass is 544 g/mol. The minimum atomic E-state index is -5.09. The summed E-state index contributed by atoms with van der Waals surface area (Å²) < 4.78 is 82.5. The fraction of sp³-hybridized carbons (Fsp3) is 0.375. The van der Waals surface area contributed by atoms with Crippen LogP contribution in [0.1, 0.15) is 69.9 Å². The molecule has 1 aromatic heterocycles. The van der Waals surface area contributed by atoms with E-state index < -0.39 is 41.3 Å². The highest BCUT2D eigenvalue weighted by Crippen LogP contribution is 2.41. The van der Waals surface area contributed by atoms with Crippen LogP contribution >= 0.6 is 11.6 Å². The van der Waals surface area contributed by atoms with Gasteiger partial charge in [-0.15, -0.1) is 0 Å². The fourth-order valence-corrected chi connectivity index (χ4v) is 4.33. The number of halogens is 7. The number of carbonyl (C=O) groups is 2. The predicted molar refractivity (Wildman–Crippen MR) is 121 cm³/mol. The number of fused-ring (bicyclic) bond motifs is 1. The van der Waals surface area contributed by atoms with E-state index in [9.17, 15) is 35.9 Å². The lowest BCUT2D eigenvalue weighted by atomic mass is 10.0. The van der Waals surface area contributed by atoms with Gasteiger partial charge in [0.15, 0.2) is 11.9 Å². The Balaban J connectivity index is 1.51. The van der Waals surface area contributed by atoms with E-state index in [2.05, 4.69) is 10.3 Å². The van der Waals surface area contributed by atoms with Crippen LogP contribution in [-0.4, -0.2) is 33.6 Å². The van der Waals surface area contributed by atoms with Crippen LogP contribution in [0, 0.1) is 0 Å². The molecule has 0 spiro atoms. The molecule has 2 fully saturated rings. The van der Waals surface area contributed by atoms with Crippen LogP contribution in [0.25, 0.3) is 11.0 Å². The second-order valence-electron chi connectivity index (χ2n) is 9.18. The Morgan fingerprint density at radius 1 is 1.00 bits per heavy atom. The molecule has 2 amide bonds. The van der Waals surface area contributed by atoms with Crippen molar-refractivity contribution in [2.45, 2.75) is 56.2 Å². The van der Waals surface area contributed by atoms with Gasteiger partial charge in [-0.3, -0.25) is 9.59 Å². The number of alkyl halides is 6. The Labute approximate surface area is 211 Å². The van der Waals surface area contributed by atoms with Gasteiger partial charge < -0.3 is 15.2 Å². The first-order chi connectivity index (χ1) is 17.3. The molecule has 5 rings (SSSR count). The molecule has 13 heteroatoms. The highest BCUT2D eigenvalue weighted by atomic mass is 35.5. The molecule has 0 bridgehead atoms. The molecular formula is C24H19ClF6N4O2. The molecule has 196 valence electrons. The van der Waals surface area contributed by atoms with Crippen LogP contribution in [0.3, 0.4) is 0 Å². The van der Waals surface area contributed by atoms with Crippen molar-refractivity contribution in [1.82, 2.24) is 20.2 Å². The second-order valence-corrected chi connectivity index (χ2v) is 9.58. The summed E-state index contributed by atoms with van der Waals surface area (Å²) in [5.41, 5.74) is -1.38. The Hall–Kier alpha value is -3.28. The average Bonchev–Trinajstić information content (AvgIpc) is 3.74. The zero-order valence-electron chi connectivity index (χ0n) is 18.9. The number of carbonyl (C=O) groups excluding carboxylic acids is 2. The summed E-state index contributed by atoms with van der Waals surface area (Å²) >= 11 is 6.32. The van der Waals surface area contributed by atoms with E-state index >= 15 is 0 Å². The van der Waals surface area contributed by atoms with Gasteiger partial charge in [-0.1, -0.05) is 23.7 Å². The summed E-state index contributed by atoms with van der Waals surface area (Å²) in [5, 5.41) is 4.69. The number of benzene rings is 2. The SMILES string of the molecule is O=C(NC1CC1)c1cc2nc(C(=O)NC(c3cccc(C(F)(F)F)c3)C(F)(F)F)n(C3CC3)c2cc1Cl. The number of aromatic nitrogens is 2. The number of hydrogen-bond donors (Lipinski definition) is 2. The molecule has 2 aliphatic rings. The molecule has 3 aromatic rings. The first-order valence-corrected chi connectivity index (χ1v) is 11.8. The molecule has 2 aromatic carbocycles. The summed E-state index contributed by atoms with van der Waals surface area (Å²) in [6.07, 6.45) is -6.98. The first kappa shape index (κ1) is 25.4. The van der Waals surface area contributed by atoms with Crippen LogP contribution in [0.4, 0.5) is 26.3 Å². The third kappa shape index (κ3) is 5.25. The molecular weight excluding hydrogens is 526 g/mol. The van der Waals surface area contributed by atoms with Crippen molar-refractivity contribution in [3.05, 3.63) is 63.9 Å². The van der Waals surface area contributed by atoms with E-state index in [0.29, 0.717) is 30.5 Å². The molecule has 2 saturated carbocycles. The van der Waals surface area contributed by atoms with Gasteiger partial charge in [0.1, 0.15) is 0 Å². The van der Waals surface area contributed by atoms with Gasteiger partial charge in [-0.2, -0.15) is 26.3 Å². The van der Waals surface area contributed by atoms with E-state index in [0.717, 1.165) is 25.0 Å². The second kappa shape index (κ2) is 8.93. The largest absolute Gasteiger partial charge is 0.416 e. The molecule has 0 saturated heterocycles. The third-order valence-corrected chi connectivity index (χ3v) is 6.51. The van der Waals surface area contributed by atoms with Gasteiger partial charge in [0.05, 0.1) is 27.2 Å². The minimum absolute atomic E-state index is 0.0553. The normalized spacial score (nSPS) is 17.1. The van der Waals surface area contributed by atoms with Crippen molar-refractivity contribution < 1.29 is 35.9 Å². The molecule has 0 radical (unpaired) electrons. The van der Waals surface area contributed by atoms with Crippen LogP contribution in [0.5, 0.6) is 0 Å². The van der Waals surface area contributed by atoms with Crippen molar-refractivity contribution in [3.8, 4) is 0 Å². The molecule has 1 atom stereocenters. The standard InChI is InChI=1S/C24H19ClF6N4O2/c25-16-10-18-17(9-15(16)21(36)32-13-4-5-13)33-20(35(18)14-6-7-14)22(37)34-19(24(29,30)31)11-2-1-3-12(8-11)23(26,27)28/h1-3,8-10,13-14,19H,4-7H2,(H,32,36)(H,34,37). The number of nitrogens with zero attached hydrogens (tertiary/aromatic N) is 2. The first-order valence-electron chi connectivity index (χ1n) is 11.4. The topological polar surface area (TPSA) is 76.0 Å². The number of hydrogen-bond acceptors (Lipinski definition) is 3. The minimum Gasteiger partial charge on any atom is -0.349 e. The lowest BCUT2D eigenvalue weighted by Gasteiger charge is -2.23. The quantitative estimate of drug-likeness (QED) is 0.376. The molecule has 2 aliphatic carbocycles. The summed E-state index contributed by atoms with van der Waals surface area (Å²) in [5.74, 6) is -2.00. The van der Waals surface area contributed by atoms with Gasteiger partial charge in [-0.25, -0.2) is 4.98 Å². The maximum absolute atomic E-state index is 13.9. The maximum atomic E-state index is 13.9. The van der Waals surface area contributed by atoms with E-state index in [1.165, 1.54) is 16.7 Å². The lowest BCUT2D eigenvalue weighted by molar-refractivity contribution is -0.156. The smallest absolute Gasteiger partial charge is 0.349 e. The molecule has 1 heterocycles. The van der Waals surface area contributed by atoms with E-state index in [1.807, 2.05) is 5.32 Å². The number of rotatable bonds is 6. The van der Waals surface area contributed by atoms with E-state index in [4.69, 9.17) is 11.6 Å². The fourth-order valence-electron chi connectivity index (χ4n) is 4.09. The van der Waals surface area contributed by atoms with Crippen LogP contribution in [-0.2, 0) is 6.18 Å². The summed E-state index contributed by atoms with van der Waals surface area (Å²) in [6, 6.07) is 2.65. The van der Waals surface area contributed by atoms with Crippen LogP contribution in [0.2, 0.25) is 5.02 Å². The Kier molecular flexibility index (Phi) is 6.12. The summed E-state index contributed by atoms with van der Waals surface area (Å²) in [4.78, 5) is 29.8. The van der Waals surface area contributed by atoms with Crippen molar-refractivity contribution in [2.75, 3.05) is 0 Å². The Bertz CT molecular complexity index is 1390. The number of amides is 2. The number of nitrogens with one attached hydrogen (secondary N) is 2. The van der Waals surface area contributed by atoms with Gasteiger partial charge >= 0.3 is 12.4 Å². The van der Waals surface area contributed by atoms with Gasteiger partial charge in [0.2, 0.25) is 0 Å². The zero-order valence-corrected chi connectivity index (χ0v) is 19.6. The third-order valence-electron chi connectivity index (χ3n) is 6.20. The van der Waals surface area contributed by atoms with Crippen LogP contribution < -0.4 is 10.6 Å². The van der Waals surface area contributed by atoms with Crippen molar-refractivity contribution in [1.29, 1.82) is 0 Å². The Morgan fingerprint density at radius 3 is 2.30 bits per heavy atom. The molecule has 0 aliphatic heterocycles. The predicted octanol–water partition coefficient (Wildman–Crippen LogP) is 5.97. The maximum Gasteiger partial charge on any atom is 0.416 e. The molecule has 1 unspecified atom stereocenters. The van der Waals surface area contributed by atoms with Crippen molar-refractivity contribution in [3.63, 3.8) is 0 Å². The van der Waals surface area contributed by atoms with Gasteiger partial charge in [-0.05, 0) is 55.5 Å². The van der Waals surface area contributed by atoms with Crippen molar-refractivity contribution >= 4 is 34.4 Å². The highest BCUT2D eigenvalue weighted by Gasteiger charge is 2.44. The van der Waals surface area contributed by atoms with E-state index in [-0.39, 0.29) is 34.0 Å². The van der Waals surface area contributed by atoms with Crippen LogP contribution in [0.15, 0.2) is 36.4 Å². The van der Waals surface area contributed by atoms with Gasteiger partial charge in [0, 0.05) is 12.1 Å². The molecule has 2 N–H and O–H groups in total. The summed E-state index contributed by atoms with van der Waals surface area (Å²) in [7, 11) is 0. The van der Waals surface area contributed by atoms with Crippen molar-refractivity contribution in [2.24, 2.45) is 0 Å². The number of imidazole rings is 1.